The van der Waals surface area contributed by atoms with Crippen LogP contribution in [0.4, 0.5) is 11.4 Å². The van der Waals surface area contributed by atoms with E-state index >= 15 is 0 Å². The van der Waals surface area contributed by atoms with Gasteiger partial charge >= 0.3 is 11.9 Å². The number of benzene rings is 2. The van der Waals surface area contributed by atoms with Crippen LogP contribution in [0.15, 0.2) is 24.3 Å². The maximum atomic E-state index is 11.4. The molecular formula is C14H8N2O10. The number of carbonyl (C=O) groups is 2. The summed E-state index contributed by atoms with van der Waals surface area (Å²) in [7, 11) is 0. The Hall–Kier alpha value is -4.22. The number of carboxylic acids is 2. The van der Waals surface area contributed by atoms with Crippen molar-refractivity contribution < 1.29 is 39.9 Å². The minimum Gasteiger partial charge on any atom is -0.507 e. The minimum atomic E-state index is -1.76. The number of nitro groups is 2. The molecule has 2 aromatic carbocycles. The van der Waals surface area contributed by atoms with Crippen LogP contribution in [-0.2, 0) is 0 Å². The molecule has 0 aromatic heterocycles. The summed E-state index contributed by atoms with van der Waals surface area (Å²) in [4.78, 5) is 42.5. The van der Waals surface area contributed by atoms with Crippen LogP contribution in [0.2, 0.25) is 0 Å². The molecule has 0 aliphatic heterocycles. The Morgan fingerprint density at radius 3 is 1.27 bits per heavy atom. The molecule has 12 nitrogen and oxygen atoms in total. The summed E-state index contributed by atoms with van der Waals surface area (Å²) in [5.74, 6) is -5.51. The van der Waals surface area contributed by atoms with Crippen molar-refractivity contribution in [2.45, 2.75) is 0 Å². The van der Waals surface area contributed by atoms with Gasteiger partial charge in [0.05, 0.1) is 33.1 Å². The number of hydrogen-bond acceptors (Lipinski definition) is 8. The van der Waals surface area contributed by atoms with Gasteiger partial charge in [0.2, 0.25) is 0 Å². The summed E-state index contributed by atoms with van der Waals surface area (Å²) in [5, 5.41) is 60.2. The molecule has 0 saturated carbocycles. The van der Waals surface area contributed by atoms with Crippen molar-refractivity contribution in [1.82, 2.24) is 0 Å². The highest BCUT2D eigenvalue weighted by Crippen LogP contribution is 2.44. The third-order valence-electron chi connectivity index (χ3n) is 3.34. The van der Waals surface area contributed by atoms with Crippen LogP contribution in [-0.4, -0.2) is 42.2 Å². The molecule has 0 fully saturated rings. The van der Waals surface area contributed by atoms with Crippen LogP contribution in [0.25, 0.3) is 11.1 Å². The lowest BCUT2D eigenvalue weighted by atomic mass is 9.92. The molecule has 0 aliphatic rings. The summed E-state index contributed by atoms with van der Waals surface area (Å²) < 4.78 is 0. The third-order valence-corrected chi connectivity index (χ3v) is 3.34. The molecular weight excluding hydrogens is 356 g/mol. The first-order valence-corrected chi connectivity index (χ1v) is 6.54. The molecule has 0 aliphatic carbocycles. The lowest BCUT2D eigenvalue weighted by Gasteiger charge is -2.13. The lowest BCUT2D eigenvalue weighted by molar-refractivity contribution is -0.385. The molecule has 134 valence electrons. The highest BCUT2D eigenvalue weighted by molar-refractivity contribution is 6.06. The van der Waals surface area contributed by atoms with Crippen molar-refractivity contribution in [2.24, 2.45) is 0 Å². The molecule has 0 bridgehead atoms. The monoisotopic (exact) mass is 364 g/mol. The zero-order valence-electron chi connectivity index (χ0n) is 12.4. The zero-order valence-corrected chi connectivity index (χ0v) is 12.4. The third kappa shape index (κ3) is 3.06. The Kier molecular flexibility index (Phi) is 4.43. The summed E-state index contributed by atoms with van der Waals surface area (Å²) in [5.41, 5.74) is -4.78. The Balaban J connectivity index is 2.96. The van der Waals surface area contributed by atoms with E-state index in [2.05, 4.69) is 0 Å². The topological polar surface area (TPSA) is 201 Å². The summed E-state index contributed by atoms with van der Waals surface area (Å²) >= 11 is 0. The molecule has 2 rings (SSSR count). The van der Waals surface area contributed by atoms with Crippen LogP contribution < -0.4 is 0 Å². The van der Waals surface area contributed by atoms with E-state index in [1.54, 1.807) is 0 Å². The average Bonchev–Trinajstić information content (AvgIpc) is 2.53. The largest absolute Gasteiger partial charge is 0.507 e. The van der Waals surface area contributed by atoms with Crippen molar-refractivity contribution in [3.63, 3.8) is 0 Å². The van der Waals surface area contributed by atoms with Crippen LogP contribution >= 0.6 is 0 Å². The molecule has 0 atom stereocenters. The van der Waals surface area contributed by atoms with Crippen LogP contribution in [0.5, 0.6) is 11.5 Å². The summed E-state index contributed by atoms with van der Waals surface area (Å²) in [6.45, 7) is 0. The number of aromatic hydroxyl groups is 2. The second kappa shape index (κ2) is 6.35. The van der Waals surface area contributed by atoms with Crippen LogP contribution in [0.3, 0.4) is 0 Å². The highest BCUT2D eigenvalue weighted by atomic mass is 16.6. The van der Waals surface area contributed by atoms with Crippen molar-refractivity contribution in [1.29, 1.82) is 0 Å². The molecule has 4 N–H and O–H groups in total. The van der Waals surface area contributed by atoms with Crippen molar-refractivity contribution >= 4 is 23.3 Å². The molecule has 0 spiro atoms. The van der Waals surface area contributed by atoms with Gasteiger partial charge < -0.3 is 20.4 Å². The number of hydrogen-bond donors (Lipinski definition) is 4. The van der Waals surface area contributed by atoms with E-state index in [0.29, 0.717) is 24.3 Å². The number of non-ortho nitro benzene ring substituents is 2. The van der Waals surface area contributed by atoms with Crippen LogP contribution in [0.1, 0.15) is 20.7 Å². The summed E-state index contributed by atoms with van der Waals surface area (Å²) in [6.07, 6.45) is 0. The molecule has 0 heterocycles. The molecule has 0 radical (unpaired) electrons. The van der Waals surface area contributed by atoms with E-state index in [-0.39, 0.29) is 0 Å². The number of rotatable bonds is 5. The van der Waals surface area contributed by atoms with Gasteiger partial charge in [-0.3, -0.25) is 20.2 Å². The van der Waals surface area contributed by atoms with Gasteiger partial charge in [0, 0.05) is 23.3 Å². The van der Waals surface area contributed by atoms with Gasteiger partial charge in [0.15, 0.2) is 0 Å². The zero-order chi connectivity index (χ0) is 19.8. The number of nitro benzene ring substituents is 2. The molecule has 0 amide bonds. The first-order chi connectivity index (χ1) is 12.0. The van der Waals surface area contributed by atoms with E-state index < -0.39 is 66.9 Å². The first-order valence-electron chi connectivity index (χ1n) is 6.54. The van der Waals surface area contributed by atoms with E-state index in [9.17, 15) is 50.2 Å². The van der Waals surface area contributed by atoms with Gasteiger partial charge in [0.25, 0.3) is 11.4 Å². The van der Waals surface area contributed by atoms with Gasteiger partial charge in [-0.2, -0.15) is 0 Å². The van der Waals surface area contributed by atoms with Gasteiger partial charge in [0.1, 0.15) is 11.5 Å². The second-order valence-electron chi connectivity index (χ2n) is 4.90. The highest BCUT2D eigenvalue weighted by Gasteiger charge is 2.29. The number of carboxylic acid groups (broad SMARTS) is 2. The maximum Gasteiger partial charge on any atom is 0.336 e. The molecule has 0 saturated heterocycles. The fourth-order valence-electron chi connectivity index (χ4n) is 2.30. The van der Waals surface area contributed by atoms with Crippen molar-refractivity contribution in [3.8, 4) is 22.6 Å². The van der Waals surface area contributed by atoms with E-state index in [1.165, 1.54) is 0 Å². The summed E-state index contributed by atoms with van der Waals surface area (Å²) in [6, 6.07) is 2.25. The number of nitrogens with zero attached hydrogens (tertiary/aromatic N) is 2. The Labute approximate surface area is 142 Å². The average molecular weight is 364 g/mol. The minimum absolute atomic E-state index is 0.559. The van der Waals surface area contributed by atoms with Crippen LogP contribution in [0, 0.1) is 20.2 Å². The fraction of sp³-hybridized carbons (Fsp3) is 0. The Bertz CT molecular complexity index is 903. The van der Waals surface area contributed by atoms with Crippen molar-refractivity contribution in [3.05, 3.63) is 55.6 Å². The fourth-order valence-corrected chi connectivity index (χ4v) is 2.30. The van der Waals surface area contributed by atoms with E-state index in [4.69, 9.17) is 0 Å². The van der Waals surface area contributed by atoms with E-state index in [0.717, 1.165) is 0 Å². The van der Waals surface area contributed by atoms with Gasteiger partial charge in [-0.05, 0) is 0 Å². The molecule has 0 unspecified atom stereocenters. The number of phenolic OH excluding ortho intramolecular Hbond substituents is 2. The van der Waals surface area contributed by atoms with E-state index in [1.807, 2.05) is 0 Å². The lowest BCUT2D eigenvalue weighted by Crippen LogP contribution is -2.07. The Morgan fingerprint density at radius 1 is 0.731 bits per heavy atom. The standard InChI is InChI=1S/C14H8N2O10/c17-9-3-5(15(23)24)1-7(13(19)20)11(9)12-8(14(21)22)2-6(16(25)26)4-10(12)18/h1-4,17-18H,(H,19,20)(H,21,22). The van der Waals surface area contributed by atoms with Crippen molar-refractivity contribution in [2.75, 3.05) is 0 Å². The van der Waals surface area contributed by atoms with Gasteiger partial charge in [-0.15, -0.1) is 0 Å². The molecule has 12 heteroatoms. The predicted octanol–water partition coefficient (Wildman–Crippen LogP) is 1.98. The molecule has 26 heavy (non-hydrogen) atoms. The second-order valence-corrected chi connectivity index (χ2v) is 4.90. The number of phenols is 2. The number of aromatic carboxylic acids is 2. The normalized spacial score (nSPS) is 10.3. The molecule has 2 aromatic rings. The van der Waals surface area contributed by atoms with Gasteiger partial charge in [-0.25, -0.2) is 9.59 Å². The SMILES string of the molecule is O=C(O)c1cc([N+](=O)[O-])cc(O)c1-c1c(O)cc([N+](=O)[O-])cc1C(=O)O. The van der Waals surface area contributed by atoms with Gasteiger partial charge in [-0.1, -0.05) is 0 Å². The smallest absolute Gasteiger partial charge is 0.336 e. The predicted molar refractivity (Wildman–Crippen MR) is 82.4 cm³/mol. The quantitative estimate of drug-likeness (QED) is 0.448. The first kappa shape index (κ1) is 18.1. The maximum absolute atomic E-state index is 11.4. The Morgan fingerprint density at radius 2 is 1.04 bits per heavy atom.